The van der Waals surface area contributed by atoms with E-state index in [9.17, 15) is 10.1 Å². The third-order valence-electron chi connectivity index (χ3n) is 3.80. The number of thioether (sulfide) groups is 1. The number of thiophene rings is 1. The fourth-order valence-electron chi connectivity index (χ4n) is 2.38. The summed E-state index contributed by atoms with van der Waals surface area (Å²) in [5, 5.41) is 30.6. The molecule has 3 rings (SSSR count). The summed E-state index contributed by atoms with van der Waals surface area (Å²) in [6.45, 7) is 7.17. The Morgan fingerprint density at radius 1 is 1.35 bits per heavy atom. The van der Waals surface area contributed by atoms with Crippen molar-refractivity contribution in [2.24, 2.45) is 5.10 Å². The van der Waals surface area contributed by atoms with Gasteiger partial charge < -0.3 is 0 Å². The average molecular weight is 391 g/mol. The second-order valence-corrected chi connectivity index (χ2v) is 7.46. The van der Waals surface area contributed by atoms with Crippen LogP contribution in [-0.4, -0.2) is 35.8 Å². The lowest BCUT2D eigenvalue weighted by molar-refractivity contribution is -0.386. The minimum atomic E-state index is -0.404. The summed E-state index contributed by atoms with van der Waals surface area (Å²) in [6.07, 6.45) is 1.79. The van der Waals surface area contributed by atoms with E-state index in [0.717, 1.165) is 10.4 Å². The maximum atomic E-state index is 11.1. The van der Waals surface area contributed by atoms with Gasteiger partial charge in [-0.05, 0) is 44.7 Å². The summed E-state index contributed by atoms with van der Waals surface area (Å²) in [7, 11) is 0. The largest absolute Gasteiger partial charge is 0.312 e. The van der Waals surface area contributed by atoms with Gasteiger partial charge in [0.25, 0.3) is 0 Å². The molecule has 0 saturated heterocycles. The van der Waals surface area contributed by atoms with E-state index in [1.54, 1.807) is 40.8 Å². The van der Waals surface area contributed by atoms with Gasteiger partial charge in [-0.25, -0.2) is 0 Å². The monoisotopic (exact) mass is 391 g/mol. The summed E-state index contributed by atoms with van der Waals surface area (Å²) in [5.74, 6) is 1.05. The molecular formula is C15H17N7O2S2. The Morgan fingerprint density at radius 3 is 2.73 bits per heavy atom. The first-order valence-electron chi connectivity index (χ1n) is 7.70. The van der Waals surface area contributed by atoms with Gasteiger partial charge in [0.15, 0.2) is 5.82 Å². The summed E-state index contributed by atoms with van der Waals surface area (Å²) in [6, 6.07) is 2.04. The molecule has 0 spiro atoms. The van der Waals surface area contributed by atoms with Crippen LogP contribution in [0.1, 0.15) is 27.7 Å². The lowest BCUT2D eigenvalue weighted by atomic mass is 10.3. The Kier molecular flexibility index (Phi) is 5.18. The molecule has 0 aliphatic heterocycles. The van der Waals surface area contributed by atoms with Gasteiger partial charge in [-0.2, -0.15) is 14.9 Å². The fourth-order valence-corrected chi connectivity index (χ4v) is 4.05. The quantitative estimate of drug-likeness (QED) is 0.276. The standard InChI is InChI=1S/C15H17N7O2S2/c1-9-5-6-25-13(9)7-16-21-12(4)17-18-15(21)26-8-20-11(3)14(22(23)24)10(2)19-20/h5-7H,8H2,1-4H3/b16-7-. The van der Waals surface area contributed by atoms with Crippen molar-refractivity contribution >= 4 is 35.0 Å². The van der Waals surface area contributed by atoms with Crippen molar-refractivity contribution in [3.05, 3.63) is 49.2 Å². The topological polar surface area (TPSA) is 104 Å². The molecule has 136 valence electrons. The molecule has 3 heterocycles. The molecule has 3 aromatic rings. The smallest absolute Gasteiger partial charge is 0.258 e. The van der Waals surface area contributed by atoms with E-state index in [1.807, 2.05) is 25.3 Å². The minimum Gasteiger partial charge on any atom is -0.258 e. The molecule has 11 heteroatoms. The van der Waals surface area contributed by atoms with Crippen LogP contribution in [0.15, 0.2) is 21.7 Å². The highest BCUT2D eigenvalue weighted by Crippen LogP contribution is 2.25. The molecule has 0 N–H and O–H groups in total. The van der Waals surface area contributed by atoms with Crippen molar-refractivity contribution in [3.63, 3.8) is 0 Å². The van der Waals surface area contributed by atoms with Crippen LogP contribution in [0.2, 0.25) is 0 Å². The SMILES string of the molecule is Cc1ccsc1/C=N\n1c(C)nnc1SCn1nc(C)c([N+](=O)[O-])c1C. The Balaban J connectivity index is 1.80. The summed E-state index contributed by atoms with van der Waals surface area (Å²) >= 11 is 2.98. The van der Waals surface area contributed by atoms with Gasteiger partial charge in [0.1, 0.15) is 11.4 Å². The number of aromatic nitrogens is 5. The molecule has 0 aliphatic rings. The molecule has 0 aliphatic carbocycles. The first kappa shape index (κ1) is 18.3. The molecule has 0 amide bonds. The zero-order valence-electron chi connectivity index (χ0n) is 14.7. The molecule has 0 aromatic carbocycles. The van der Waals surface area contributed by atoms with Crippen molar-refractivity contribution in [2.45, 2.75) is 38.7 Å². The third kappa shape index (κ3) is 3.53. The number of nitrogens with zero attached hydrogens (tertiary/aromatic N) is 7. The zero-order valence-corrected chi connectivity index (χ0v) is 16.3. The van der Waals surface area contributed by atoms with Gasteiger partial charge in [0.05, 0.1) is 21.9 Å². The first-order valence-corrected chi connectivity index (χ1v) is 9.56. The predicted octanol–water partition coefficient (Wildman–Crippen LogP) is 3.31. The maximum Gasteiger partial charge on any atom is 0.312 e. The van der Waals surface area contributed by atoms with Crippen LogP contribution in [0.5, 0.6) is 0 Å². The van der Waals surface area contributed by atoms with E-state index in [2.05, 4.69) is 20.4 Å². The number of nitro groups is 1. The Hall–Kier alpha value is -2.53. The van der Waals surface area contributed by atoms with E-state index in [-0.39, 0.29) is 5.69 Å². The van der Waals surface area contributed by atoms with Crippen molar-refractivity contribution in [2.75, 3.05) is 0 Å². The molecular weight excluding hydrogens is 374 g/mol. The molecule has 0 saturated carbocycles. The molecule has 0 fully saturated rings. The van der Waals surface area contributed by atoms with Gasteiger partial charge in [0.2, 0.25) is 5.16 Å². The lowest BCUT2D eigenvalue weighted by Crippen LogP contribution is -2.02. The van der Waals surface area contributed by atoms with Crippen LogP contribution in [0.4, 0.5) is 5.69 Å². The van der Waals surface area contributed by atoms with Crippen LogP contribution in [0.3, 0.4) is 0 Å². The van der Waals surface area contributed by atoms with Crippen LogP contribution >= 0.6 is 23.1 Å². The van der Waals surface area contributed by atoms with E-state index in [0.29, 0.717) is 28.2 Å². The van der Waals surface area contributed by atoms with Crippen molar-refractivity contribution in [3.8, 4) is 0 Å². The van der Waals surface area contributed by atoms with Gasteiger partial charge in [0, 0.05) is 0 Å². The molecule has 0 radical (unpaired) electrons. The number of hydrogen-bond donors (Lipinski definition) is 0. The van der Waals surface area contributed by atoms with Gasteiger partial charge in [-0.1, -0.05) is 11.8 Å². The highest BCUT2D eigenvalue weighted by molar-refractivity contribution is 7.98. The number of hydrogen-bond acceptors (Lipinski definition) is 8. The van der Waals surface area contributed by atoms with Crippen molar-refractivity contribution < 1.29 is 4.92 Å². The third-order valence-corrected chi connectivity index (χ3v) is 5.64. The first-order chi connectivity index (χ1) is 12.4. The Morgan fingerprint density at radius 2 is 2.12 bits per heavy atom. The molecule has 9 nitrogen and oxygen atoms in total. The van der Waals surface area contributed by atoms with E-state index >= 15 is 0 Å². The van der Waals surface area contributed by atoms with Crippen LogP contribution in [0, 0.1) is 37.8 Å². The van der Waals surface area contributed by atoms with Crippen molar-refractivity contribution in [1.82, 2.24) is 24.7 Å². The normalized spacial score (nSPS) is 11.5. The number of aryl methyl sites for hydroxylation is 3. The molecule has 26 heavy (non-hydrogen) atoms. The van der Waals surface area contributed by atoms with Gasteiger partial charge >= 0.3 is 5.69 Å². The van der Waals surface area contributed by atoms with Gasteiger partial charge in [-0.3, -0.25) is 14.8 Å². The summed E-state index contributed by atoms with van der Waals surface area (Å²) in [4.78, 5) is 11.8. The Labute approximate surface area is 157 Å². The van der Waals surface area contributed by atoms with Gasteiger partial charge in [-0.15, -0.1) is 21.5 Å². The second kappa shape index (κ2) is 7.38. The van der Waals surface area contributed by atoms with E-state index in [1.165, 1.54) is 11.8 Å². The molecule has 0 bridgehead atoms. The van der Waals surface area contributed by atoms with Crippen molar-refractivity contribution in [1.29, 1.82) is 0 Å². The van der Waals surface area contributed by atoms with E-state index < -0.39 is 4.92 Å². The summed E-state index contributed by atoms with van der Waals surface area (Å²) < 4.78 is 3.25. The number of rotatable bonds is 6. The van der Waals surface area contributed by atoms with E-state index in [4.69, 9.17) is 0 Å². The minimum absolute atomic E-state index is 0.0504. The highest BCUT2D eigenvalue weighted by Gasteiger charge is 2.22. The highest BCUT2D eigenvalue weighted by atomic mass is 32.2. The lowest BCUT2D eigenvalue weighted by Gasteiger charge is -2.04. The Bertz CT molecular complexity index is 986. The average Bonchev–Trinajstić information content (AvgIpc) is 3.22. The summed E-state index contributed by atoms with van der Waals surface area (Å²) in [5.41, 5.74) is 2.13. The predicted molar refractivity (Wildman–Crippen MR) is 101 cm³/mol. The van der Waals surface area contributed by atoms with Crippen LogP contribution in [-0.2, 0) is 5.88 Å². The molecule has 3 aromatic heterocycles. The maximum absolute atomic E-state index is 11.1. The zero-order chi connectivity index (χ0) is 18.8. The second-order valence-electron chi connectivity index (χ2n) is 5.60. The van der Waals surface area contributed by atoms with Crippen LogP contribution in [0.25, 0.3) is 0 Å². The van der Waals surface area contributed by atoms with Crippen LogP contribution < -0.4 is 0 Å². The molecule has 0 atom stereocenters. The fraction of sp³-hybridized carbons (Fsp3) is 0.333. The molecule has 0 unspecified atom stereocenters.